The van der Waals surface area contributed by atoms with Gasteiger partial charge in [-0.15, -0.1) is 0 Å². The first-order valence-corrected chi connectivity index (χ1v) is 6.59. The Morgan fingerprint density at radius 1 is 1.32 bits per heavy atom. The lowest BCUT2D eigenvalue weighted by Gasteiger charge is -2.08. The van der Waals surface area contributed by atoms with Crippen LogP contribution in [-0.2, 0) is 6.54 Å². The Kier molecular flexibility index (Phi) is 4.78. The highest BCUT2D eigenvalue weighted by atomic mass is 16.5. The lowest BCUT2D eigenvalue weighted by atomic mass is 10.0. The number of benzene rings is 1. The van der Waals surface area contributed by atoms with E-state index in [1.54, 1.807) is 12.5 Å². The molecule has 0 amide bonds. The van der Waals surface area contributed by atoms with Crippen LogP contribution in [0.5, 0.6) is 5.75 Å². The molecule has 100 valence electrons. The van der Waals surface area contributed by atoms with Crippen molar-refractivity contribution >= 4 is 0 Å². The van der Waals surface area contributed by atoms with Crippen LogP contribution in [0.15, 0.2) is 55.1 Å². The van der Waals surface area contributed by atoms with Gasteiger partial charge in [-0.2, -0.15) is 0 Å². The zero-order valence-electron chi connectivity index (χ0n) is 11.5. The summed E-state index contributed by atoms with van der Waals surface area (Å²) in [6.45, 7) is 5.79. The van der Waals surface area contributed by atoms with E-state index in [0.717, 1.165) is 12.3 Å². The van der Waals surface area contributed by atoms with Crippen molar-refractivity contribution < 1.29 is 4.74 Å². The van der Waals surface area contributed by atoms with E-state index < -0.39 is 0 Å². The van der Waals surface area contributed by atoms with Crippen LogP contribution in [0.3, 0.4) is 0 Å². The molecule has 19 heavy (non-hydrogen) atoms. The second-order valence-corrected chi connectivity index (χ2v) is 4.77. The minimum atomic E-state index is 0.528. The number of allylic oxidation sites excluding steroid dienone is 1. The normalized spacial score (nSPS) is 11.3. The summed E-state index contributed by atoms with van der Waals surface area (Å²) in [7, 11) is 0. The first-order valence-electron chi connectivity index (χ1n) is 6.59. The number of nitrogens with zero attached hydrogens (tertiary/aromatic N) is 2. The highest BCUT2D eigenvalue weighted by molar-refractivity contribution is 5.30. The molecule has 0 aliphatic heterocycles. The molecule has 0 spiro atoms. The Hall–Kier alpha value is -2.03. The van der Waals surface area contributed by atoms with Crippen molar-refractivity contribution in [2.45, 2.75) is 26.3 Å². The molecule has 0 unspecified atom stereocenters. The zero-order chi connectivity index (χ0) is 13.5. The summed E-state index contributed by atoms with van der Waals surface area (Å²) in [6.07, 6.45) is 9.63. The van der Waals surface area contributed by atoms with Crippen LogP contribution in [-0.4, -0.2) is 16.2 Å². The lowest BCUT2D eigenvalue weighted by Crippen LogP contribution is -1.96. The third kappa shape index (κ3) is 4.28. The summed E-state index contributed by atoms with van der Waals surface area (Å²) in [5.74, 6) is 1.46. The van der Waals surface area contributed by atoms with Gasteiger partial charge in [0, 0.05) is 18.9 Å². The SMILES string of the molecule is CC(C)c1cccc(OCC=CCn2ccnc2)c1. The van der Waals surface area contributed by atoms with Crippen LogP contribution in [0.1, 0.15) is 25.3 Å². The zero-order valence-corrected chi connectivity index (χ0v) is 11.5. The predicted molar refractivity (Wildman–Crippen MR) is 77.4 cm³/mol. The van der Waals surface area contributed by atoms with Gasteiger partial charge >= 0.3 is 0 Å². The molecule has 0 saturated carbocycles. The van der Waals surface area contributed by atoms with E-state index >= 15 is 0 Å². The van der Waals surface area contributed by atoms with Crippen LogP contribution in [0, 0.1) is 0 Å². The standard InChI is InChI=1S/C16H20N2O/c1-14(2)15-6-5-7-16(12-15)19-11-4-3-9-18-10-8-17-13-18/h3-8,10,12-14H,9,11H2,1-2H3. The molecule has 0 radical (unpaired) electrons. The maximum Gasteiger partial charge on any atom is 0.120 e. The van der Waals surface area contributed by atoms with Gasteiger partial charge < -0.3 is 9.30 Å². The van der Waals surface area contributed by atoms with Gasteiger partial charge in [-0.25, -0.2) is 4.98 Å². The van der Waals surface area contributed by atoms with E-state index in [9.17, 15) is 0 Å². The van der Waals surface area contributed by atoms with Crippen molar-refractivity contribution in [2.24, 2.45) is 0 Å². The summed E-state index contributed by atoms with van der Waals surface area (Å²) >= 11 is 0. The van der Waals surface area contributed by atoms with Crippen molar-refractivity contribution in [3.05, 3.63) is 60.7 Å². The fourth-order valence-electron chi connectivity index (χ4n) is 1.77. The molecule has 3 nitrogen and oxygen atoms in total. The van der Waals surface area contributed by atoms with E-state index in [1.165, 1.54) is 5.56 Å². The fraction of sp³-hybridized carbons (Fsp3) is 0.312. The third-order valence-electron chi connectivity index (χ3n) is 2.91. The number of rotatable bonds is 6. The van der Waals surface area contributed by atoms with Crippen molar-refractivity contribution in [1.82, 2.24) is 9.55 Å². The predicted octanol–water partition coefficient (Wildman–Crippen LogP) is 3.64. The number of ether oxygens (including phenoxy) is 1. The molecule has 1 heterocycles. The second-order valence-electron chi connectivity index (χ2n) is 4.77. The quantitative estimate of drug-likeness (QED) is 0.738. The number of hydrogen-bond acceptors (Lipinski definition) is 2. The molecule has 2 rings (SSSR count). The van der Waals surface area contributed by atoms with Crippen molar-refractivity contribution in [3.8, 4) is 5.75 Å². The molecular formula is C16H20N2O. The van der Waals surface area contributed by atoms with Crippen molar-refractivity contribution in [2.75, 3.05) is 6.61 Å². The molecule has 3 heteroatoms. The fourth-order valence-corrected chi connectivity index (χ4v) is 1.77. The van der Waals surface area contributed by atoms with Crippen LogP contribution < -0.4 is 4.74 Å². The van der Waals surface area contributed by atoms with Gasteiger partial charge in [-0.1, -0.05) is 32.1 Å². The summed E-state index contributed by atoms with van der Waals surface area (Å²) in [5.41, 5.74) is 1.31. The molecule has 1 aromatic carbocycles. The van der Waals surface area contributed by atoms with Gasteiger partial charge in [0.15, 0.2) is 0 Å². The highest BCUT2D eigenvalue weighted by Crippen LogP contribution is 2.19. The first kappa shape index (κ1) is 13.4. The molecule has 0 saturated heterocycles. The van der Waals surface area contributed by atoms with Gasteiger partial charge in [0.05, 0.1) is 6.33 Å². The van der Waals surface area contributed by atoms with Gasteiger partial charge in [-0.3, -0.25) is 0 Å². The highest BCUT2D eigenvalue weighted by Gasteiger charge is 1.99. The maximum absolute atomic E-state index is 5.70. The number of aromatic nitrogens is 2. The van der Waals surface area contributed by atoms with Crippen LogP contribution >= 0.6 is 0 Å². The van der Waals surface area contributed by atoms with Crippen molar-refractivity contribution in [1.29, 1.82) is 0 Å². The van der Waals surface area contributed by atoms with Crippen LogP contribution in [0.25, 0.3) is 0 Å². The molecule has 0 atom stereocenters. The average Bonchev–Trinajstić information content (AvgIpc) is 2.92. The summed E-state index contributed by atoms with van der Waals surface area (Å²) in [5, 5.41) is 0. The Bertz CT molecular complexity index is 515. The molecule has 2 aromatic rings. The van der Waals surface area contributed by atoms with E-state index in [-0.39, 0.29) is 0 Å². The maximum atomic E-state index is 5.70. The van der Waals surface area contributed by atoms with Crippen LogP contribution in [0.2, 0.25) is 0 Å². The Morgan fingerprint density at radius 3 is 2.95 bits per heavy atom. The largest absolute Gasteiger partial charge is 0.490 e. The number of hydrogen-bond donors (Lipinski definition) is 0. The minimum absolute atomic E-state index is 0.528. The summed E-state index contributed by atoms with van der Waals surface area (Å²) < 4.78 is 7.71. The molecule has 1 aromatic heterocycles. The molecule has 0 N–H and O–H groups in total. The first-order chi connectivity index (χ1) is 9.25. The van der Waals surface area contributed by atoms with E-state index in [1.807, 2.05) is 29.0 Å². The summed E-state index contributed by atoms with van der Waals surface area (Å²) in [6, 6.07) is 8.27. The monoisotopic (exact) mass is 256 g/mol. The van der Waals surface area contributed by atoms with Gasteiger partial charge in [0.1, 0.15) is 12.4 Å². The van der Waals surface area contributed by atoms with Gasteiger partial charge in [0.25, 0.3) is 0 Å². The molecule has 0 aliphatic rings. The Labute approximate surface area is 114 Å². The van der Waals surface area contributed by atoms with Crippen LogP contribution in [0.4, 0.5) is 0 Å². The Morgan fingerprint density at radius 2 is 2.21 bits per heavy atom. The van der Waals surface area contributed by atoms with E-state index in [4.69, 9.17) is 4.74 Å². The van der Waals surface area contributed by atoms with Gasteiger partial charge in [0.2, 0.25) is 0 Å². The second kappa shape index (κ2) is 6.78. The number of imidazole rings is 1. The minimum Gasteiger partial charge on any atom is -0.490 e. The average molecular weight is 256 g/mol. The molecule has 0 bridgehead atoms. The topological polar surface area (TPSA) is 27.1 Å². The van der Waals surface area contributed by atoms with E-state index in [0.29, 0.717) is 12.5 Å². The van der Waals surface area contributed by atoms with Crippen molar-refractivity contribution in [3.63, 3.8) is 0 Å². The Balaban J connectivity index is 1.79. The molecular weight excluding hydrogens is 236 g/mol. The smallest absolute Gasteiger partial charge is 0.120 e. The van der Waals surface area contributed by atoms with E-state index in [2.05, 4.69) is 37.0 Å². The summed E-state index contributed by atoms with van der Waals surface area (Å²) in [4.78, 5) is 3.99. The third-order valence-corrected chi connectivity index (χ3v) is 2.91. The molecule has 0 fully saturated rings. The molecule has 0 aliphatic carbocycles. The van der Waals surface area contributed by atoms with Gasteiger partial charge in [-0.05, 0) is 29.7 Å². The lowest BCUT2D eigenvalue weighted by molar-refractivity contribution is 0.362.